The van der Waals surface area contributed by atoms with Gasteiger partial charge in [0.05, 0.1) is 23.0 Å². The molecule has 0 saturated heterocycles. The molecule has 1 saturated carbocycles. The first-order valence-electron chi connectivity index (χ1n) is 7.37. The maximum absolute atomic E-state index is 12.6. The average molecular weight is 287 g/mol. The van der Waals surface area contributed by atoms with Gasteiger partial charge in [-0.2, -0.15) is 5.10 Å². The number of aryl methyl sites for hydroxylation is 2. The lowest BCUT2D eigenvalue weighted by Gasteiger charge is -2.25. The normalized spacial score (nSPS) is 17.3. The van der Waals surface area contributed by atoms with E-state index < -0.39 is 5.41 Å². The summed E-state index contributed by atoms with van der Waals surface area (Å²) in [7, 11) is 1.86. The second kappa shape index (κ2) is 5.11. The van der Waals surface area contributed by atoms with Crippen LogP contribution in [0.2, 0.25) is 0 Å². The van der Waals surface area contributed by atoms with Gasteiger partial charge in [-0.1, -0.05) is 12.8 Å². The molecule has 0 atom stereocenters. The van der Waals surface area contributed by atoms with E-state index in [1.807, 2.05) is 20.0 Å². The third kappa shape index (κ3) is 2.29. The molecule has 0 aliphatic heterocycles. The summed E-state index contributed by atoms with van der Waals surface area (Å²) in [6.07, 6.45) is 5.57. The second-order valence-corrected chi connectivity index (χ2v) is 5.95. The summed E-state index contributed by atoms with van der Waals surface area (Å²) in [6.45, 7) is 2.34. The number of nitrogens with two attached hydrogens (primary N) is 1. The van der Waals surface area contributed by atoms with Crippen molar-refractivity contribution in [3.8, 4) is 0 Å². The Morgan fingerprint density at radius 2 is 2.19 bits per heavy atom. The Hall–Kier alpha value is -1.95. The first kappa shape index (κ1) is 14.0. The molecule has 6 heteroatoms. The molecule has 1 fully saturated rings. The lowest BCUT2D eigenvalue weighted by molar-refractivity contribution is -0.124. The summed E-state index contributed by atoms with van der Waals surface area (Å²) in [5, 5.41) is 8.29. The average Bonchev–Trinajstić information content (AvgIpc) is 3.06. The molecule has 3 N–H and O–H groups in total. The Kier molecular flexibility index (Phi) is 3.41. The van der Waals surface area contributed by atoms with Crippen molar-refractivity contribution in [3.63, 3.8) is 0 Å². The smallest absolute Gasteiger partial charge is 0.231 e. The molecule has 0 bridgehead atoms. The zero-order valence-electron chi connectivity index (χ0n) is 12.5. The second-order valence-electron chi connectivity index (χ2n) is 5.95. The molecule has 21 heavy (non-hydrogen) atoms. The van der Waals surface area contributed by atoms with Crippen molar-refractivity contribution in [1.29, 1.82) is 0 Å². The van der Waals surface area contributed by atoms with Crippen LogP contribution in [0, 0.1) is 12.3 Å². The minimum atomic E-state index is -0.404. The Bertz CT molecular complexity index is 685. The van der Waals surface area contributed by atoms with Crippen LogP contribution in [-0.2, 0) is 11.8 Å². The number of rotatable bonds is 3. The standard InChI is InChI=1S/C15H21N5O/c1-10-12-7-11(8-17-13(12)20(2)19-10)18-14(21)15(9-16)5-3-4-6-15/h7-8H,3-6,9,16H2,1-2H3,(H,18,21). The lowest BCUT2D eigenvalue weighted by atomic mass is 9.85. The van der Waals surface area contributed by atoms with Gasteiger partial charge in [0.1, 0.15) is 0 Å². The summed E-state index contributed by atoms with van der Waals surface area (Å²) in [5.41, 5.74) is 7.89. The van der Waals surface area contributed by atoms with Crippen molar-refractivity contribution in [1.82, 2.24) is 14.8 Å². The van der Waals surface area contributed by atoms with E-state index in [1.54, 1.807) is 10.9 Å². The van der Waals surface area contributed by atoms with Crippen LogP contribution in [-0.4, -0.2) is 27.2 Å². The van der Waals surface area contributed by atoms with Crippen molar-refractivity contribution in [2.24, 2.45) is 18.2 Å². The fraction of sp³-hybridized carbons (Fsp3) is 0.533. The number of amides is 1. The SMILES string of the molecule is Cc1nn(C)c2ncc(NC(=O)C3(CN)CCCC3)cc12. The van der Waals surface area contributed by atoms with E-state index in [9.17, 15) is 4.79 Å². The number of pyridine rings is 1. The van der Waals surface area contributed by atoms with Crippen molar-refractivity contribution in [3.05, 3.63) is 18.0 Å². The van der Waals surface area contributed by atoms with Gasteiger partial charge < -0.3 is 11.1 Å². The van der Waals surface area contributed by atoms with E-state index in [-0.39, 0.29) is 5.91 Å². The van der Waals surface area contributed by atoms with Gasteiger partial charge in [0.15, 0.2) is 5.65 Å². The number of hydrogen-bond acceptors (Lipinski definition) is 4. The number of nitrogens with one attached hydrogen (secondary N) is 1. The molecule has 6 nitrogen and oxygen atoms in total. The molecule has 0 unspecified atom stereocenters. The maximum Gasteiger partial charge on any atom is 0.231 e. The molecule has 1 amide bonds. The van der Waals surface area contributed by atoms with Crippen LogP contribution in [0.3, 0.4) is 0 Å². The third-order valence-corrected chi connectivity index (χ3v) is 4.55. The quantitative estimate of drug-likeness (QED) is 0.900. The summed E-state index contributed by atoms with van der Waals surface area (Å²) in [4.78, 5) is 16.9. The van der Waals surface area contributed by atoms with Gasteiger partial charge in [0.2, 0.25) is 5.91 Å². The van der Waals surface area contributed by atoms with E-state index in [4.69, 9.17) is 5.73 Å². The van der Waals surface area contributed by atoms with Crippen LogP contribution in [0.4, 0.5) is 5.69 Å². The molecule has 2 aromatic rings. The zero-order chi connectivity index (χ0) is 15.0. The first-order valence-corrected chi connectivity index (χ1v) is 7.37. The minimum absolute atomic E-state index is 0.0187. The van der Waals surface area contributed by atoms with Crippen LogP contribution in [0.25, 0.3) is 11.0 Å². The molecular formula is C15H21N5O. The lowest BCUT2D eigenvalue weighted by Crippen LogP contribution is -2.40. The highest BCUT2D eigenvalue weighted by Gasteiger charge is 2.39. The minimum Gasteiger partial charge on any atom is -0.329 e. The fourth-order valence-electron chi connectivity index (χ4n) is 3.22. The zero-order valence-corrected chi connectivity index (χ0v) is 12.5. The number of carbonyl (C=O) groups is 1. The molecule has 112 valence electrons. The number of nitrogens with zero attached hydrogens (tertiary/aromatic N) is 3. The molecule has 2 heterocycles. The summed E-state index contributed by atoms with van der Waals surface area (Å²) in [5.74, 6) is 0.0187. The fourth-order valence-corrected chi connectivity index (χ4v) is 3.22. The number of fused-ring (bicyclic) bond motifs is 1. The highest BCUT2D eigenvalue weighted by Crippen LogP contribution is 2.38. The van der Waals surface area contributed by atoms with E-state index in [2.05, 4.69) is 15.4 Å². The van der Waals surface area contributed by atoms with Crippen LogP contribution in [0.5, 0.6) is 0 Å². The number of anilines is 1. The Morgan fingerprint density at radius 3 is 2.86 bits per heavy atom. The molecule has 0 radical (unpaired) electrons. The molecular weight excluding hydrogens is 266 g/mol. The Balaban J connectivity index is 1.88. The highest BCUT2D eigenvalue weighted by molar-refractivity contribution is 5.97. The van der Waals surface area contributed by atoms with Crippen LogP contribution >= 0.6 is 0 Å². The van der Waals surface area contributed by atoms with E-state index in [1.165, 1.54) is 0 Å². The van der Waals surface area contributed by atoms with Crippen LogP contribution in [0.15, 0.2) is 12.3 Å². The van der Waals surface area contributed by atoms with Crippen LogP contribution in [0.1, 0.15) is 31.4 Å². The van der Waals surface area contributed by atoms with Crippen LogP contribution < -0.4 is 11.1 Å². The van der Waals surface area contributed by atoms with Gasteiger partial charge >= 0.3 is 0 Å². The highest BCUT2D eigenvalue weighted by atomic mass is 16.2. The van der Waals surface area contributed by atoms with Crippen molar-refractivity contribution in [2.45, 2.75) is 32.6 Å². The number of aromatic nitrogens is 3. The van der Waals surface area contributed by atoms with E-state index in [0.29, 0.717) is 12.2 Å². The number of hydrogen-bond donors (Lipinski definition) is 2. The monoisotopic (exact) mass is 287 g/mol. The molecule has 1 aliphatic rings. The van der Waals surface area contributed by atoms with Gasteiger partial charge in [-0.15, -0.1) is 0 Å². The van der Waals surface area contributed by atoms with Gasteiger partial charge in [0, 0.05) is 19.0 Å². The number of carbonyl (C=O) groups excluding carboxylic acids is 1. The predicted octanol–water partition coefficient (Wildman–Crippen LogP) is 1.73. The molecule has 0 spiro atoms. The van der Waals surface area contributed by atoms with E-state index >= 15 is 0 Å². The maximum atomic E-state index is 12.6. The van der Waals surface area contributed by atoms with E-state index in [0.717, 1.165) is 42.4 Å². The summed E-state index contributed by atoms with van der Waals surface area (Å²) in [6, 6.07) is 1.93. The van der Waals surface area contributed by atoms with Gasteiger partial charge in [-0.05, 0) is 25.8 Å². The molecule has 0 aromatic carbocycles. The third-order valence-electron chi connectivity index (χ3n) is 4.55. The van der Waals surface area contributed by atoms with Crippen molar-refractivity contribution >= 4 is 22.6 Å². The largest absolute Gasteiger partial charge is 0.329 e. The Labute approximate surface area is 123 Å². The van der Waals surface area contributed by atoms with Crippen molar-refractivity contribution in [2.75, 3.05) is 11.9 Å². The molecule has 2 aromatic heterocycles. The van der Waals surface area contributed by atoms with Gasteiger partial charge in [-0.25, -0.2) is 4.98 Å². The topological polar surface area (TPSA) is 85.8 Å². The van der Waals surface area contributed by atoms with Gasteiger partial charge in [0.25, 0.3) is 0 Å². The predicted molar refractivity (Wildman–Crippen MR) is 81.8 cm³/mol. The van der Waals surface area contributed by atoms with Gasteiger partial charge in [-0.3, -0.25) is 9.48 Å². The first-order chi connectivity index (χ1) is 10.1. The summed E-state index contributed by atoms with van der Waals surface area (Å²) < 4.78 is 1.74. The molecule has 1 aliphatic carbocycles. The molecule has 3 rings (SSSR count). The van der Waals surface area contributed by atoms with Crippen molar-refractivity contribution < 1.29 is 4.79 Å². The summed E-state index contributed by atoms with van der Waals surface area (Å²) >= 11 is 0. The Morgan fingerprint density at radius 1 is 1.48 bits per heavy atom.